The Bertz CT molecular complexity index is 399. The van der Waals surface area contributed by atoms with E-state index in [0.29, 0.717) is 17.3 Å². The summed E-state index contributed by atoms with van der Waals surface area (Å²) in [4.78, 5) is 0. The molecule has 2 heterocycles. The van der Waals surface area contributed by atoms with Crippen molar-refractivity contribution in [3.8, 4) is 0 Å². The molecule has 1 N–H and O–H groups in total. The molecule has 1 aromatic rings. The minimum absolute atomic E-state index is 0.324. The minimum Gasteiger partial charge on any atom is -0.308 e. The van der Waals surface area contributed by atoms with Gasteiger partial charge < -0.3 is 5.32 Å². The van der Waals surface area contributed by atoms with Gasteiger partial charge in [-0.15, -0.1) is 0 Å². The van der Waals surface area contributed by atoms with E-state index in [0.717, 1.165) is 18.0 Å². The van der Waals surface area contributed by atoms with E-state index < -0.39 is 0 Å². The lowest BCUT2D eigenvalue weighted by molar-refractivity contribution is 0.431. The summed E-state index contributed by atoms with van der Waals surface area (Å²) in [5.74, 6) is 1.27. The fraction of sp³-hybridized carbons (Fsp3) is 0.786. The Morgan fingerprint density at radius 2 is 2.37 bits per heavy atom. The van der Waals surface area contributed by atoms with Gasteiger partial charge in [0, 0.05) is 11.3 Å². The highest BCUT2D eigenvalue weighted by atomic mass is 35.5. The largest absolute Gasteiger partial charge is 0.308 e. The first-order valence-corrected chi connectivity index (χ1v) is 8.65. The molecule has 3 nitrogen and oxygen atoms in total. The second-order valence-electron chi connectivity index (χ2n) is 5.40. The molecule has 19 heavy (non-hydrogen) atoms. The topological polar surface area (TPSA) is 29.9 Å². The first kappa shape index (κ1) is 15.2. The number of thioether (sulfide) groups is 1. The number of nitrogens with zero attached hydrogens (tertiary/aromatic N) is 2. The monoisotopic (exact) mass is 301 g/mol. The molecular formula is C14H24ClN3S. The van der Waals surface area contributed by atoms with Crippen LogP contribution in [0.5, 0.6) is 0 Å². The molecule has 0 saturated carbocycles. The third-order valence-corrected chi connectivity index (χ3v) is 5.27. The highest BCUT2D eigenvalue weighted by Gasteiger charge is 2.31. The summed E-state index contributed by atoms with van der Waals surface area (Å²) in [5.41, 5.74) is 1.17. The fourth-order valence-electron chi connectivity index (χ4n) is 2.62. The van der Waals surface area contributed by atoms with E-state index in [2.05, 4.69) is 47.6 Å². The predicted octanol–water partition coefficient (Wildman–Crippen LogP) is 4.05. The summed E-state index contributed by atoms with van der Waals surface area (Å²) in [6.07, 6.45) is 5.51. The molecule has 1 saturated heterocycles. The second kappa shape index (κ2) is 7.00. The van der Waals surface area contributed by atoms with Crippen LogP contribution in [-0.4, -0.2) is 27.3 Å². The molecule has 2 unspecified atom stereocenters. The summed E-state index contributed by atoms with van der Waals surface area (Å²) >= 11 is 8.47. The molecule has 1 aliphatic rings. The van der Waals surface area contributed by atoms with Crippen molar-refractivity contribution < 1.29 is 0 Å². The molecule has 0 bridgehead atoms. The Labute approximate surface area is 125 Å². The summed E-state index contributed by atoms with van der Waals surface area (Å²) in [6, 6.07) is 0.671. The van der Waals surface area contributed by atoms with Crippen molar-refractivity contribution in [3.05, 3.63) is 16.9 Å². The molecule has 0 amide bonds. The Balaban J connectivity index is 2.28. The van der Waals surface area contributed by atoms with E-state index >= 15 is 0 Å². The lowest BCUT2D eigenvalue weighted by Gasteiger charge is -2.26. The Morgan fingerprint density at radius 1 is 1.58 bits per heavy atom. The van der Waals surface area contributed by atoms with Crippen molar-refractivity contribution in [1.29, 1.82) is 0 Å². The van der Waals surface area contributed by atoms with Gasteiger partial charge in [0.1, 0.15) is 0 Å². The number of hydrogen-bond donors (Lipinski definition) is 1. The molecule has 5 heteroatoms. The van der Waals surface area contributed by atoms with Crippen LogP contribution in [0.1, 0.15) is 57.8 Å². The van der Waals surface area contributed by atoms with E-state index in [1.54, 1.807) is 6.20 Å². The normalized spacial score (nSPS) is 21.2. The van der Waals surface area contributed by atoms with Crippen LogP contribution < -0.4 is 5.32 Å². The van der Waals surface area contributed by atoms with E-state index in [4.69, 9.17) is 11.6 Å². The lowest BCUT2D eigenvalue weighted by atomic mass is 10.1. The summed E-state index contributed by atoms with van der Waals surface area (Å²) in [7, 11) is 0. The summed E-state index contributed by atoms with van der Waals surface area (Å²) in [6.45, 7) is 7.55. The molecule has 2 rings (SSSR count). The maximum Gasteiger partial charge on any atom is 0.0834 e. The molecule has 0 spiro atoms. The van der Waals surface area contributed by atoms with Gasteiger partial charge in [-0.3, -0.25) is 4.68 Å². The van der Waals surface area contributed by atoms with Crippen LogP contribution in [0.25, 0.3) is 0 Å². The zero-order valence-corrected chi connectivity index (χ0v) is 13.6. The van der Waals surface area contributed by atoms with E-state index in [-0.39, 0.29) is 0 Å². The van der Waals surface area contributed by atoms with Crippen LogP contribution in [0.15, 0.2) is 6.20 Å². The number of aromatic nitrogens is 2. The third-order valence-electron chi connectivity index (χ3n) is 3.52. The number of rotatable bonds is 6. The van der Waals surface area contributed by atoms with Crippen molar-refractivity contribution in [2.75, 3.05) is 12.3 Å². The van der Waals surface area contributed by atoms with Gasteiger partial charge in [0.25, 0.3) is 0 Å². The molecule has 0 aromatic carbocycles. The quantitative estimate of drug-likeness (QED) is 0.859. The minimum atomic E-state index is 0.324. The van der Waals surface area contributed by atoms with Gasteiger partial charge in [-0.05, 0) is 45.4 Å². The lowest BCUT2D eigenvalue weighted by Crippen LogP contribution is -2.32. The maximum atomic E-state index is 6.41. The van der Waals surface area contributed by atoms with Crippen LogP contribution in [0.2, 0.25) is 5.02 Å². The Kier molecular flexibility index (Phi) is 5.60. The average molecular weight is 302 g/mol. The van der Waals surface area contributed by atoms with E-state index in [1.165, 1.54) is 24.3 Å². The Morgan fingerprint density at radius 3 is 2.95 bits per heavy atom. The predicted molar refractivity (Wildman–Crippen MR) is 84.1 cm³/mol. The standard InChI is InChI=1S/C14H24ClN3S/c1-4-7-16-13(12-6-5-8-19-12)14-11(15)9-17-18(14)10(2)3/h9-10,12-13,16H,4-8H2,1-3H3. The van der Waals surface area contributed by atoms with Gasteiger partial charge in [0.05, 0.1) is 23.0 Å². The van der Waals surface area contributed by atoms with Gasteiger partial charge in [-0.1, -0.05) is 18.5 Å². The molecule has 0 radical (unpaired) electrons. The molecule has 1 fully saturated rings. The van der Waals surface area contributed by atoms with E-state index in [1.807, 2.05) is 0 Å². The maximum absolute atomic E-state index is 6.41. The molecule has 108 valence electrons. The van der Waals surface area contributed by atoms with Crippen molar-refractivity contribution in [2.24, 2.45) is 0 Å². The first-order chi connectivity index (χ1) is 9.15. The molecule has 2 atom stereocenters. The van der Waals surface area contributed by atoms with Gasteiger partial charge in [0.2, 0.25) is 0 Å². The molecule has 0 aliphatic carbocycles. The zero-order chi connectivity index (χ0) is 13.8. The molecular weight excluding hydrogens is 278 g/mol. The average Bonchev–Trinajstić information content (AvgIpc) is 3.01. The summed E-state index contributed by atoms with van der Waals surface area (Å²) < 4.78 is 2.08. The number of hydrogen-bond acceptors (Lipinski definition) is 3. The fourth-order valence-corrected chi connectivity index (χ4v) is 4.26. The first-order valence-electron chi connectivity index (χ1n) is 7.23. The van der Waals surface area contributed by atoms with Gasteiger partial charge in [-0.2, -0.15) is 16.9 Å². The van der Waals surface area contributed by atoms with Crippen LogP contribution in [0, 0.1) is 0 Å². The number of nitrogens with one attached hydrogen (secondary N) is 1. The smallest absolute Gasteiger partial charge is 0.0834 e. The van der Waals surface area contributed by atoms with Crippen LogP contribution in [0.4, 0.5) is 0 Å². The van der Waals surface area contributed by atoms with Crippen LogP contribution in [0.3, 0.4) is 0 Å². The second-order valence-corrected chi connectivity index (χ2v) is 7.15. The van der Waals surface area contributed by atoms with Crippen molar-refractivity contribution in [1.82, 2.24) is 15.1 Å². The van der Waals surface area contributed by atoms with Crippen LogP contribution in [-0.2, 0) is 0 Å². The van der Waals surface area contributed by atoms with Crippen molar-refractivity contribution in [2.45, 2.75) is 57.4 Å². The van der Waals surface area contributed by atoms with Gasteiger partial charge in [0.15, 0.2) is 0 Å². The van der Waals surface area contributed by atoms with E-state index in [9.17, 15) is 0 Å². The SMILES string of the molecule is CCCNC(c1c(Cl)cnn1C(C)C)C1CCCS1. The highest BCUT2D eigenvalue weighted by molar-refractivity contribution is 8.00. The third kappa shape index (κ3) is 3.47. The highest BCUT2D eigenvalue weighted by Crippen LogP contribution is 2.38. The van der Waals surface area contributed by atoms with Gasteiger partial charge in [-0.25, -0.2) is 0 Å². The molecule has 1 aliphatic heterocycles. The molecule has 1 aromatic heterocycles. The zero-order valence-electron chi connectivity index (χ0n) is 12.0. The van der Waals surface area contributed by atoms with Crippen LogP contribution >= 0.6 is 23.4 Å². The summed E-state index contributed by atoms with van der Waals surface area (Å²) in [5, 5.41) is 9.56. The van der Waals surface area contributed by atoms with Crippen molar-refractivity contribution >= 4 is 23.4 Å². The van der Waals surface area contributed by atoms with Gasteiger partial charge >= 0.3 is 0 Å². The Hall–Kier alpha value is -0.190. The van der Waals surface area contributed by atoms with Crippen molar-refractivity contribution in [3.63, 3.8) is 0 Å². The number of halogens is 1.